The molecular formula is C21H30N4. The van der Waals surface area contributed by atoms with Crippen LogP contribution in [0.5, 0.6) is 0 Å². The molecule has 0 bridgehead atoms. The van der Waals surface area contributed by atoms with Gasteiger partial charge in [-0.2, -0.15) is 5.26 Å². The molecule has 25 heavy (non-hydrogen) atoms. The van der Waals surface area contributed by atoms with Gasteiger partial charge in [-0.1, -0.05) is 51.3 Å². The molecule has 1 heterocycles. The third-order valence-electron chi connectivity index (χ3n) is 4.76. The zero-order chi connectivity index (χ0) is 18.7. The Kier molecular flexibility index (Phi) is 9.39. The fourth-order valence-electron chi connectivity index (χ4n) is 3.21. The molecule has 0 N–H and O–H groups in total. The van der Waals surface area contributed by atoms with E-state index in [4.69, 9.17) is 5.26 Å². The molecule has 1 aromatic rings. The van der Waals surface area contributed by atoms with Crippen molar-refractivity contribution in [2.45, 2.75) is 52.9 Å². The highest BCUT2D eigenvalue weighted by Crippen LogP contribution is 2.32. The predicted molar refractivity (Wildman–Crippen MR) is 106 cm³/mol. The number of hydrogen-bond donors (Lipinski definition) is 0. The first-order valence-electron chi connectivity index (χ1n) is 8.98. The summed E-state index contributed by atoms with van der Waals surface area (Å²) >= 11 is 0. The number of hydrogen-bond acceptors (Lipinski definition) is 4. The molecule has 1 atom stereocenters. The van der Waals surface area contributed by atoms with Crippen molar-refractivity contribution in [3.63, 3.8) is 0 Å². The third-order valence-corrected chi connectivity index (χ3v) is 4.76. The van der Waals surface area contributed by atoms with E-state index in [1.807, 2.05) is 19.9 Å². The van der Waals surface area contributed by atoms with E-state index in [1.54, 1.807) is 25.7 Å². The molecular weight excluding hydrogens is 308 g/mol. The standard InChI is InChI=1S/C12H15N3.C9H15N/c1-5-10(7-13-4)12-11(6-2)9(3)14-8-15-12;1-8(6-7-10)9-4-2-3-5-9/h5-8H,2H2,1,3-4H3;8-9H,2-6H2,1H3/b10-5+,13-7?;/t;8-/m.1/s1. The van der Waals surface area contributed by atoms with E-state index < -0.39 is 0 Å². The van der Waals surface area contributed by atoms with Crippen molar-refractivity contribution in [2.75, 3.05) is 7.05 Å². The van der Waals surface area contributed by atoms with E-state index in [0.29, 0.717) is 5.92 Å². The minimum Gasteiger partial charge on any atom is -0.296 e. The number of nitriles is 1. The van der Waals surface area contributed by atoms with Gasteiger partial charge in [-0.05, 0) is 25.7 Å². The van der Waals surface area contributed by atoms with Gasteiger partial charge < -0.3 is 0 Å². The van der Waals surface area contributed by atoms with E-state index in [9.17, 15) is 0 Å². The number of aryl methyl sites for hydroxylation is 1. The van der Waals surface area contributed by atoms with E-state index in [2.05, 4.69) is 34.5 Å². The summed E-state index contributed by atoms with van der Waals surface area (Å²) in [5, 5.41) is 8.45. The summed E-state index contributed by atoms with van der Waals surface area (Å²) in [5.41, 5.74) is 3.76. The summed E-state index contributed by atoms with van der Waals surface area (Å²) < 4.78 is 0. The minimum absolute atomic E-state index is 0.646. The van der Waals surface area contributed by atoms with Crippen LogP contribution in [0.2, 0.25) is 0 Å². The zero-order valence-corrected chi connectivity index (χ0v) is 16.0. The second-order valence-electron chi connectivity index (χ2n) is 6.44. The van der Waals surface area contributed by atoms with Crippen molar-refractivity contribution >= 4 is 17.9 Å². The van der Waals surface area contributed by atoms with E-state index in [-0.39, 0.29) is 0 Å². The van der Waals surface area contributed by atoms with Crippen LogP contribution >= 0.6 is 0 Å². The molecule has 2 rings (SSSR count). The van der Waals surface area contributed by atoms with Gasteiger partial charge in [-0.15, -0.1) is 0 Å². The summed E-state index contributed by atoms with van der Waals surface area (Å²) in [4.78, 5) is 12.4. The second-order valence-corrected chi connectivity index (χ2v) is 6.44. The Labute approximate surface area is 152 Å². The van der Waals surface area contributed by atoms with Crippen LogP contribution in [0.25, 0.3) is 11.6 Å². The monoisotopic (exact) mass is 338 g/mol. The normalized spacial score (nSPS) is 16.2. The lowest BCUT2D eigenvalue weighted by Crippen LogP contribution is -2.05. The third kappa shape index (κ3) is 6.26. The van der Waals surface area contributed by atoms with Crippen molar-refractivity contribution in [3.05, 3.63) is 35.9 Å². The van der Waals surface area contributed by atoms with Crippen LogP contribution in [0.3, 0.4) is 0 Å². The SMILES string of the molecule is C=Cc1c(C)ncnc1/C(C=NC)=C/C.C[C@H](CC#N)C1CCCC1. The molecule has 1 aromatic heterocycles. The number of aromatic nitrogens is 2. The Balaban J connectivity index is 0.000000271. The Morgan fingerprint density at radius 1 is 1.44 bits per heavy atom. The molecule has 0 aromatic carbocycles. The fraction of sp³-hybridized carbons (Fsp3) is 0.524. The predicted octanol–water partition coefficient (Wildman–Crippen LogP) is 5.26. The number of nitrogens with zero attached hydrogens (tertiary/aromatic N) is 4. The van der Waals surface area contributed by atoms with Gasteiger partial charge in [0.1, 0.15) is 6.33 Å². The second kappa shape index (κ2) is 11.3. The smallest absolute Gasteiger partial charge is 0.116 e. The molecule has 4 nitrogen and oxygen atoms in total. The van der Waals surface area contributed by atoms with E-state index in [0.717, 1.165) is 34.9 Å². The lowest BCUT2D eigenvalue weighted by atomic mass is 9.90. The first-order valence-corrected chi connectivity index (χ1v) is 8.98. The first kappa shape index (κ1) is 20.8. The topological polar surface area (TPSA) is 61.9 Å². The maximum absolute atomic E-state index is 8.45. The molecule has 0 spiro atoms. The van der Waals surface area contributed by atoms with Crippen LogP contribution in [0.4, 0.5) is 0 Å². The quantitative estimate of drug-likeness (QED) is 0.688. The molecule has 1 saturated carbocycles. The minimum atomic E-state index is 0.646. The van der Waals surface area contributed by atoms with Crippen LogP contribution in [0.1, 0.15) is 62.9 Å². The van der Waals surface area contributed by atoms with Gasteiger partial charge in [0, 0.05) is 36.5 Å². The highest BCUT2D eigenvalue weighted by atomic mass is 14.8. The zero-order valence-electron chi connectivity index (χ0n) is 16.0. The van der Waals surface area contributed by atoms with Gasteiger partial charge >= 0.3 is 0 Å². The molecule has 0 radical (unpaired) electrons. The van der Waals surface area contributed by atoms with Crippen molar-refractivity contribution in [1.82, 2.24) is 9.97 Å². The Morgan fingerprint density at radius 2 is 2.12 bits per heavy atom. The molecule has 0 amide bonds. The van der Waals surface area contributed by atoms with Gasteiger partial charge in [0.25, 0.3) is 0 Å². The van der Waals surface area contributed by atoms with E-state index in [1.165, 1.54) is 25.7 Å². The maximum atomic E-state index is 8.45. The molecule has 1 aliphatic rings. The molecule has 4 heteroatoms. The average Bonchev–Trinajstić information content (AvgIpc) is 3.15. The first-order chi connectivity index (χ1) is 12.1. The van der Waals surface area contributed by atoms with Gasteiger partial charge in [-0.25, -0.2) is 9.97 Å². The summed E-state index contributed by atoms with van der Waals surface area (Å²) in [6.45, 7) is 9.89. The average molecular weight is 338 g/mol. The Morgan fingerprint density at radius 3 is 2.64 bits per heavy atom. The van der Waals surface area contributed by atoms with Gasteiger partial charge in [0.05, 0.1) is 11.8 Å². The van der Waals surface area contributed by atoms with Gasteiger partial charge in [0.15, 0.2) is 0 Å². The molecule has 134 valence electrons. The molecule has 1 fully saturated rings. The number of allylic oxidation sites excluding steroid dienone is 2. The lowest BCUT2D eigenvalue weighted by Gasteiger charge is -2.14. The van der Waals surface area contributed by atoms with Crippen molar-refractivity contribution < 1.29 is 0 Å². The summed E-state index contributed by atoms with van der Waals surface area (Å²) in [6, 6.07) is 2.24. The van der Waals surface area contributed by atoms with Crippen LogP contribution in [-0.2, 0) is 0 Å². The van der Waals surface area contributed by atoms with Crippen LogP contribution < -0.4 is 0 Å². The molecule has 0 saturated heterocycles. The lowest BCUT2D eigenvalue weighted by molar-refractivity contribution is 0.373. The summed E-state index contributed by atoms with van der Waals surface area (Å²) in [6.07, 6.45) is 13.4. The Bertz CT molecular complexity index is 646. The largest absolute Gasteiger partial charge is 0.296 e. The Hall–Kier alpha value is -2.28. The molecule has 1 aliphatic carbocycles. The number of aliphatic imine (C=N–C) groups is 1. The molecule has 0 unspecified atom stereocenters. The van der Waals surface area contributed by atoms with Crippen molar-refractivity contribution in [1.29, 1.82) is 5.26 Å². The highest BCUT2D eigenvalue weighted by Gasteiger charge is 2.20. The number of rotatable bonds is 5. The summed E-state index contributed by atoms with van der Waals surface area (Å²) in [7, 11) is 1.74. The molecule has 0 aliphatic heterocycles. The van der Waals surface area contributed by atoms with Gasteiger partial charge in [0.2, 0.25) is 0 Å². The highest BCUT2D eigenvalue weighted by molar-refractivity contribution is 6.10. The summed E-state index contributed by atoms with van der Waals surface area (Å²) in [5.74, 6) is 1.51. The van der Waals surface area contributed by atoms with Crippen molar-refractivity contribution in [3.8, 4) is 6.07 Å². The maximum Gasteiger partial charge on any atom is 0.116 e. The van der Waals surface area contributed by atoms with Crippen LogP contribution in [0, 0.1) is 30.1 Å². The van der Waals surface area contributed by atoms with E-state index >= 15 is 0 Å². The van der Waals surface area contributed by atoms with Crippen LogP contribution in [-0.4, -0.2) is 23.2 Å². The fourth-order valence-corrected chi connectivity index (χ4v) is 3.21. The van der Waals surface area contributed by atoms with Crippen molar-refractivity contribution in [2.24, 2.45) is 16.8 Å². The van der Waals surface area contributed by atoms with Crippen LogP contribution in [0.15, 0.2) is 24.0 Å². The van der Waals surface area contributed by atoms with Gasteiger partial charge in [-0.3, -0.25) is 4.99 Å².